The van der Waals surface area contributed by atoms with Crippen LogP contribution < -0.4 is 0 Å². The predicted molar refractivity (Wildman–Crippen MR) is 30.4 cm³/mol. The molecule has 0 aromatic rings. The Balaban J connectivity index is 5.18. The molecule has 0 unspecified atom stereocenters. The lowest BCUT2D eigenvalue weighted by atomic mass is 10.2. The second-order valence-electron chi connectivity index (χ2n) is 2.13. The Bertz CT molecular complexity index is 169. The number of aliphatic hydroxyl groups is 5. The van der Waals surface area contributed by atoms with Crippen LogP contribution in [0.5, 0.6) is 0 Å². The van der Waals surface area contributed by atoms with Crippen molar-refractivity contribution < 1.29 is 56.0 Å². The zero-order valence-electron chi connectivity index (χ0n) is 6.30. The van der Waals surface area contributed by atoms with Gasteiger partial charge in [-0.15, -0.1) is 0 Å². The van der Waals surface area contributed by atoms with E-state index in [2.05, 4.69) is 14.7 Å². The molecule has 8 N–H and O–H groups in total. The van der Waals surface area contributed by atoms with Gasteiger partial charge in [-0.2, -0.15) is 14.7 Å². The van der Waals surface area contributed by atoms with Crippen LogP contribution in [-0.4, -0.2) is 59.0 Å². The van der Waals surface area contributed by atoms with E-state index in [4.69, 9.17) is 41.3 Å². The molecule has 0 atom stereocenters. The van der Waals surface area contributed by atoms with E-state index in [-0.39, 0.29) is 0 Å². The van der Waals surface area contributed by atoms with E-state index in [0.29, 0.717) is 0 Å². The highest BCUT2D eigenvalue weighted by molar-refractivity contribution is 4.82. The summed E-state index contributed by atoms with van der Waals surface area (Å²) in [6.45, 7) is 0. The molecule has 0 aliphatic heterocycles. The molecular weight excluding hydrogens is 212 g/mol. The Hall–Kier alpha value is -0.440. The van der Waals surface area contributed by atoms with Crippen molar-refractivity contribution in [1.82, 2.24) is 0 Å². The highest BCUT2D eigenvalue weighted by Crippen LogP contribution is 2.31. The summed E-state index contributed by atoms with van der Waals surface area (Å²) in [6.07, 6.45) is 0. The third-order valence-electron chi connectivity index (χ3n) is 1.27. The van der Waals surface area contributed by atoms with Gasteiger partial charge in [0.05, 0.1) is 0 Å². The zero-order valence-corrected chi connectivity index (χ0v) is 6.30. The minimum atomic E-state index is -4.23. The molecule has 0 radical (unpaired) electrons. The van der Waals surface area contributed by atoms with Crippen LogP contribution in [0.2, 0.25) is 0 Å². The Morgan fingerprint density at radius 1 is 0.571 bits per heavy atom. The first-order valence-corrected chi connectivity index (χ1v) is 2.78. The van der Waals surface area contributed by atoms with Crippen molar-refractivity contribution >= 4 is 0 Å². The molecule has 0 aliphatic carbocycles. The fraction of sp³-hybridized carbons (Fsp3) is 1.00. The molecule has 0 saturated carbocycles. The Morgan fingerprint density at radius 2 is 0.857 bits per heavy atom. The monoisotopic (exact) mass is 220 g/mol. The first-order valence-electron chi connectivity index (χ1n) is 2.78. The first-order chi connectivity index (χ1) is 6.18. The highest BCUT2D eigenvalue weighted by Gasteiger charge is 2.69. The molecule has 0 heterocycles. The van der Waals surface area contributed by atoms with E-state index in [1.807, 2.05) is 0 Å². The quantitative estimate of drug-likeness (QED) is 0.130. The van der Waals surface area contributed by atoms with E-state index in [9.17, 15) is 0 Å². The van der Waals surface area contributed by atoms with Crippen molar-refractivity contribution in [3.63, 3.8) is 0 Å². The van der Waals surface area contributed by atoms with Gasteiger partial charge in [0.1, 0.15) is 0 Å². The van der Waals surface area contributed by atoms with Crippen molar-refractivity contribution in [3.8, 4) is 0 Å². The maximum Gasteiger partial charge on any atom is 0.374 e. The lowest BCUT2D eigenvalue weighted by molar-refractivity contribution is -0.661. The fourth-order valence-corrected chi connectivity index (χ4v) is 0.455. The van der Waals surface area contributed by atoms with Crippen molar-refractivity contribution in [2.75, 3.05) is 0 Å². The normalized spacial score (nSPS) is 14.6. The molecule has 0 aromatic carbocycles. The van der Waals surface area contributed by atoms with E-state index in [1.54, 1.807) is 0 Å². The molecule has 0 saturated heterocycles. The van der Waals surface area contributed by atoms with Gasteiger partial charge in [-0.25, -0.2) is 15.8 Å². The summed E-state index contributed by atoms with van der Waals surface area (Å²) < 4.78 is 0. The van der Waals surface area contributed by atoms with Crippen LogP contribution in [0.3, 0.4) is 0 Å². The summed E-state index contributed by atoms with van der Waals surface area (Å²) in [5.41, 5.74) is 0. The fourth-order valence-electron chi connectivity index (χ4n) is 0.455. The molecule has 11 heteroatoms. The lowest BCUT2D eigenvalue weighted by Crippen LogP contribution is -2.70. The van der Waals surface area contributed by atoms with Gasteiger partial charge in [0, 0.05) is 0 Å². The van der Waals surface area contributed by atoms with Crippen molar-refractivity contribution in [2.45, 2.75) is 17.7 Å². The van der Waals surface area contributed by atoms with E-state index >= 15 is 0 Å². The van der Waals surface area contributed by atoms with Gasteiger partial charge in [0.25, 0.3) is 0 Å². The SMILES string of the molecule is OOC(O)(O)C(O)(OO)C(O)(O)OO. The molecular formula is C3H8O11. The van der Waals surface area contributed by atoms with Gasteiger partial charge in [0.15, 0.2) is 0 Å². The summed E-state index contributed by atoms with van der Waals surface area (Å²) in [7, 11) is 0. The lowest BCUT2D eigenvalue weighted by Gasteiger charge is -2.38. The number of hydrogen-bond acceptors (Lipinski definition) is 11. The highest BCUT2D eigenvalue weighted by atomic mass is 17.2. The van der Waals surface area contributed by atoms with Gasteiger partial charge in [0.2, 0.25) is 0 Å². The summed E-state index contributed by atoms with van der Waals surface area (Å²) in [6, 6.07) is 0. The zero-order chi connectivity index (χ0) is 11.6. The molecule has 0 rings (SSSR count). The van der Waals surface area contributed by atoms with Gasteiger partial charge < -0.3 is 25.5 Å². The third kappa shape index (κ3) is 1.83. The molecule has 86 valence electrons. The van der Waals surface area contributed by atoms with Crippen molar-refractivity contribution in [3.05, 3.63) is 0 Å². The Labute approximate surface area is 75.0 Å². The van der Waals surface area contributed by atoms with E-state index in [1.165, 1.54) is 0 Å². The standard InChI is InChI=1S/C3H8O11/c4-1(12-9,2(5,6)13-10)3(7,8)14-11/h4-11H. The van der Waals surface area contributed by atoms with Crippen LogP contribution >= 0.6 is 0 Å². The maximum atomic E-state index is 8.83. The third-order valence-corrected chi connectivity index (χ3v) is 1.27. The summed E-state index contributed by atoms with van der Waals surface area (Å²) >= 11 is 0. The van der Waals surface area contributed by atoms with Crippen molar-refractivity contribution in [2.24, 2.45) is 0 Å². The van der Waals surface area contributed by atoms with E-state index < -0.39 is 17.7 Å². The Kier molecular flexibility index (Phi) is 3.85. The molecule has 14 heavy (non-hydrogen) atoms. The van der Waals surface area contributed by atoms with Gasteiger partial charge in [-0.3, -0.25) is 0 Å². The van der Waals surface area contributed by atoms with Gasteiger partial charge in [-0.05, 0) is 0 Å². The molecule has 0 bridgehead atoms. The molecule has 0 spiro atoms. The van der Waals surface area contributed by atoms with Crippen LogP contribution in [-0.2, 0) is 14.7 Å². The number of rotatable bonds is 5. The number of hydrogen-bond donors (Lipinski definition) is 8. The molecule has 0 amide bonds. The summed E-state index contributed by atoms with van der Waals surface area (Å²) in [4.78, 5) is 8.33. The maximum absolute atomic E-state index is 8.83. The second-order valence-corrected chi connectivity index (χ2v) is 2.13. The predicted octanol–water partition coefficient (Wildman–Crippen LogP) is -3.58. The molecule has 11 nitrogen and oxygen atoms in total. The Morgan fingerprint density at radius 3 is 1.00 bits per heavy atom. The minimum absolute atomic E-state index is 2.75. The smallest absolute Gasteiger partial charge is 0.351 e. The molecule has 0 aliphatic rings. The average molecular weight is 220 g/mol. The van der Waals surface area contributed by atoms with Crippen LogP contribution in [0.15, 0.2) is 0 Å². The average Bonchev–Trinajstić information content (AvgIpc) is 2.15. The van der Waals surface area contributed by atoms with Gasteiger partial charge in [-0.1, -0.05) is 0 Å². The summed E-state index contributed by atoms with van der Waals surface area (Å²) in [5, 5.41) is 66.6. The van der Waals surface area contributed by atoms with Crippen LogP contribution in [0.1, 0.15) is 0 Å². The topological polar surface area (TPSA) is 190 Å². The van der Waals surface area contributed by atoms with Gasteiger partial charge >= 0.3 is 17.7 Å². The summed E-state index contributed by atoms with van der Waals surface area (Å²) in [5.74, 6) is -12.7. The van der Waals surface area contributed by atoms with Crippen LogP contribution in [0.4, 0.5) is 0 Å². The second kappa shape index (κ2) is 3.97. The minimum Gasteiger partial charge on any atom is -0.351 e. The van der Waals surface area contributed by atoms with Crippen LogP contribution in [0.25, 0.3) is 0 Å². The van der Waals surface area contributed by atoms with Crippen LogP contribution in [0, 0.1) is 0 Å². The van der Waals surface area contributed by atoms with Crippen molar-refractivity contribution in [1.29, 1.82) is 0 Å². The first kappa shape index (κ1) is 13.6. The van der Waals surface area contributed by atoms with E-state index in [0.717, 1.165) is 0 Å². The molecule has 0 aromatic heterocycles. The largest absolute Gasteiger partial charge is 0.374 e. The molecule has 0 fully saturated rings.